The van der Waals surface area contributed by atoms with Gasteiger partial charge in [-0.1, -0.05) is 394 Å². The summed E-state index contributed by atoms with van der Waals surface area (Å²) < 4.78 is 0. The van der Waals surface area contributed by atoms with Crippen LogP contribution in [0.2, 0.25) is 0 Å². The van der Waals surface area contributed by atoms with Gasteiger partial charge in [0.05, 0.1) is 0 Å². The number of aryl methyl sites for hydroxylation is 10. The fourth-order valence-electron chi connectivity index (χ4n) is 13.1. The summed E-state index contributed by atoms with van der Waals surface area (Å²) in [7, 11) is -2.44. The average molecular weight is 2450 g/mol. The Hall–Kier alpha value is -5.98. The van der Waals surface area contributed by atoms with E-state index in [2.05, 4.69) is 464 Å². The van der Waals surface area contributed by atoms with E-state index in [1.165, 1.54) is 135 Å². The molecule has 0 fully saturated rings. The first-order valence-corrected chi connectivity index (χ1v) is 42.9. The Morgan fingerprint density at radius 3 is 0.288 bits per heavy atom. The largest absolute Gasteiger partial charge is 0.0622 e. The molecule has 0 aromatic heterocycles. The molecule has 5 radical (unpaired) electrons. The van der Waals surface area contributed by atoms with E-state index in [0.29, 0.717) is 0 Å². The van der Waals surface area contributed by atoms with Crippen LogP contribution in [-0.2, 0) is 112 Å². The molecular weight excluding hydrogens is 2350 g/mol. The SMILES string of the molecule is Cc1ccccc1P(c1ccccc1)c1ccccc1C.Cc1ccccc1P(c1ccccc1)c1ccccc1C.Cc1ccccc1P(c1ccccc1)c1ccccc1C.Cc1ccccc1P(c1ccccc1)c1ccccc1C.Cc1ccccc1P(c1ccccc1)c1ccccc1C.[Au].[Au].[Au].[Au].[Au].[CH3+]. The zero-order valence-electron chi connectivity index (χ0n) is 64.8. The third-order valence-electron chi connectivity index (χ3n) is 18.6. The van der Waals surface area contributed by atoms with Crippen molar-refractivity contribution in [3.8, 4) is 0 Å². The Morgan fingerprint density at radius 1 is 0.117 bits per heavy atom. The third kappa shape index (κ3) is 26.0. The first-order valence-electron chi connectivity index (χ1n) is 36.2. The summed E-state index contributed by atoms with van der Waals surface area (Å²) in [5.41, 5.74) is 13.7. The maximum atomic E-state index is 2.28. The van der Waals surface area contributed by atoms with Crippen LogP contribution < -0.4 is 79.6 Å². The molecule has 10 heteroatoms. The van der Waals surface area contributed by atoms with Crippen LogP contribution in [0.3, 0.4) is 0 Å². The first-order chi connectivity index (χ1) is 51.4. The molecule has 15 aromatic rings. The van der Waals surface area contributed by atoms with Gasteiger partial charge in [0.1, 0.15) is 0 Å². The monoisotopic (exact) mass is 2450 g/mol. The van der Waals surface area contributed by atoms with Gasteiger partial charge in [-0.3, -0.25) is 0 Å². The molecule has 15 aromatic carbocycles. The van der Waals surface area contributed by atoms with Crippen molar-refractivity contribution in [2.45, 2.75) is 69.2 Å². The molecule has 0 atom stereocenters. The zero-order valence-corrected chi connectivity index (χ0v) is 80.1. The second kappa shape index (κ2) is 49.7. The fourth-order valence-corrected chi connectivity index (χ4v) is 26.1. The molecule has 0 amide bonds. The molecule has 0 aliphatic carbocycles. The van der Waals surface area contributed by atoms with E-state index in [0.717, 1.165) is 0 Å². The number of hydrogen-bond acceptors (Lipinski definition) is 0. The van der Waals surface area contributed by atoms with Gasteiger partial charge in [-0.15, -0.1) is 0 Å². The van der Waals surface area contributed by atoms with Crippen LogP contribution in [0.1, 0.15) is 55.6 Å². The van der Waals surface area contributed by atoms with Gasteiger partial charge in [-0.2, -0.15) is 0 Å². The maximum absolute atomic E-state index is 2.28. The number of benzene rings is 15. The molecule has 0 aliphatic heterocycles. The van der Waals surface area contributed by atoms with Gasteiger partial charge < -0.3 is 0 Å². The molecule has 15 rings (SSSR count). The van der Waals surface area contributed by atoms with E-state index in [1.54, 1.807) is 0 Å². The maximum Gasteiger partial charge on any atom is 0.0467 e. The van der Waals surface area contributed by atoms with Crippen molar-refractivity contribution < 1.29 is 112 Å². The summed E-state index contributed by atoms with van der Waals surface area (Å²) in [6.45, 7) is 22.1. The molecule has 0 N–H and O–H groups in total. The summed E-state index contributed by atoms with van der Waals surface area (Å²) in [5, 5.41) is 21.6. The van der Waals surface area contributed by atoms with E-state index in [-0.39, 0.29) is 119 Å². The molecule has 0 saturated heterocycles. The van der Waals surface area contributed by atoms with Crippen LogP contribution in [0.25, 0.3) is 0 Å². The van der Waals surface area contributed by atoms with Crippen LogP contribution >= 0.6 is 39.6 Å². The second-order valence-corrected chi connectivity index (χ2v) is 37.0. The van der Waals surface area contributed by atoms with E-state index in [9.17, 15) is 0 Å². The molecule has 0 heterocycles. The van der Waals surface area contributed by atoms with E-state index >= 15 is 0 Å². The molecule has 0 unspecified atom stereocenters. The standard InChI is InChI=1S/5C20H19P.CH3.5Au/c5*1-16-10-6-8-14-19(16)21(18-12-4-3-5-13-18)20-15-9-7-11-17(20)2;;;;;;/h5*3-15H,1-2H3;1H3;;;;;/q;;;;;+1;;;;;. The zero-order chi connectivity index (χ0) is 73.3. The Balaban J connectivity index is 0.000000245. The minimum Gasteiger partial charge on any atom is -0.0622 e. The van der Waals surface area contributed by atoms with Crippen molar-refractivity contribution in [3.63, 3.8) is 0 Å². The minimum absolute atomic E-state index is 0. The smallest absolute Gasteiger partial charge is 0.0467 e. The Labute approximate surface area is 749 Å². The molecule has 581 valence electrons. The van der Waals surface area contributed by atoms with Crippen LogP contribution in [0.5, 0.6) is 0 Å². The molecule has 0 nitrogen and oxygen atoms in total. The summed E-state index contributed by atoms with van der Waals surface area (Å²) in [6.07, 6.45) is 0. The number of rotatable bonds is 15. The summed E-state index contributed by atoms with van der Waals surface area (Å²) in [5.74, 6) is 0. The van der Waals surface area contributed by atoms with E-state index in [4.69, 9.17) is 0 Å². The quantitative estimate of drug-likeness (QED) is 0.0545. The summed E-state index contributed by atoms with van der Waals surface area (Å²) in [4.78, 5) is 0. The minimum atomic E-state index is -0.488. The van der Waals surface area contributed by atoms with Crippen molar-refractivity contribution in [3.05, 3.63) is 457 Å². The van der Waals surface area contributed by atoms with Crippen molar-refractivity contribution in [2.24, 2.45) is 0 Å². The van der Waals surface area contributed by atoms with Gasteiger partial charge in [0.2, 0.25) is 0 Å². The van der Waals surface area contributed by atoms with Gasteiger partial charge in [0, 0.05) is 119 Å². The average Bonchev–Trinajstić information content (AvgIpc) is 0.825. The van der Waals surface area contributed by atoms with Gasteiger partial charge in [0.25, 0.3) is 0 Å². The van der Waals surface area contributed by atoms with E-state index in [1.807, 2.05) is 0 Å². The van der Waals surface area contributed by atoms with Crippen molar-refractivity contribution in [2.75, 3.05) is 0 Å². The fraction of sp³-hybridized carbons (Fsp3) is 0.0990. The topological polar surface area (TPSA) is 0 Å². The molecule has 0 spiro atoms. The molecule has 111 heavy (non-hydrogen) atoms. The van der Waals surface area contributed by atoms with Crippen LogP contribution in [0.4, 0.5) is 0 Å². The van der Waals surface area contributed by atoms with Gasteiger partial charge >= 0.3 is 0 Å². The van der Waals surface area contributed by atoms with Crippen LogP contribution in [0, 0.1) is 76.7 Å². The summed E-state index contributed by atoms with van der Waals surface area (Å²) in [6, 6.07) is 142. The molecular formula is C101H98Au5P5+. The van der Waals surface area contributed by atoms with Gasteiger partial charge in [-0.05, 0) is 244 Å². The predicted molar refractivity (Wildman–Crippen MR) is 480 cm³/mol. The van der Waals surface area contributed by atoms with Crippen molar-refractivity contribution in [1.82, 2.24) is 0 Å². The second-order valence-electron chi connectivity index (χ2n) is 26.2. The number of hydrogen-bond donors (Lipinski definition) is 0. The Kier molecular flexibility index (Phi) is 42.8. The van der Waals surface area contributed by atoms with E-state index < -0.39 is 39.6 Å². The van der Waals surface area contributed by atoms with Crippen LogP contribution in [0.15, 0.2) is 394 Å². The first kappa shape index (κ1) is 95.6. The third-order valence-corrected chi connectivity index (χ3v) is 32.5. The van der Waals surface area contributed by atoms with Crippen molar-refractivity contribution in [1.29, 1.82) is 0 Å². The normalized spacial score (nSPS) is 10.2. The summed E-state index contributed by atoms with van der Waals surface area (Å²) >= 11 is 0. The van der Waals surface area contributed by atoms with Crippen LogP contribution in [-0.4, -0.2) is 0 Å². The Morgan fingerprint density at radius 2 is 0.198 bits per heavy atom. The molecule has 0 saturated carbocycles. The van der Waals surface area contributed by atoms with Gasteiger partial charge in [-0.25, -0.2) is 0 Å². The molecule has 0 aliphatic rings. The van der Waals surface area contributed by atoms with Gasteiger partial charge in [0.15, 0.2) is 0 Å². The van der Waals surface area contributed by atoms with Crippen molar-refractivity contribution >= 4 is 119 Å². The Bertz CT molecular complexity index is 4220. The predicted octanol–water partition coefficient (Wildman–Crippen LogP) is 20.7. The molecule has 0 bridgehead atoms.